The van der Waals surface area contributed by atoms with Gasteiger partial charge in [-0.3, -0.25) is 0 Å². The summed E-state index contributed by atoms with van der Waals surface area (Å²) in [5.74, 6) is 0.781. The lowest BCUT2D eigenvalue weighted by Gasteiger charge is -2.22. The molecule has 0 unspecified atom stereocenters. The monoisotopic (exact) mass is 209 g/mol. The Bertz CT molecular complexity index is 241. The minimum Gasteiger partial charge on any atom is -0.383 e. The Kier molecular flexibility index (Phi) is 4.86. The first-order valence-corrected chi connectivity index (χ1v) is 5.99. The molecule has 1 rings (SSSR count). The van der Waals surface area contributed by atoms with Crippen molar-refractivity contribution in [2.45, 2.75) is 32.1 Å². The fourth-order valence-electron chi connectivity index (χ4n) is 2.28. The van der Waals surface area contributed by atoms with E-state index in [0.29, 0.717) is 0 Å². The summed E-state index contributed by atoms with van der Waals surface area (Å²) in [4.78, 5) is 2.16. The molecule has 0 spiro atoms. The van der Waals surface area contributed by atoms with Crippen LogP contribution in [0.1, 0.15) is 32.1 Å². The maximum atomic E-state index is 2.27. The minimum absolute atomic E-state index is 0.781. The maximum absolute atomic E-state index is 2.27. The van der Waals surface area contributed by atoms with Crippen molar-refractivity contribution in [2.75, 3.05) is 28.2 Å². The fourth-order valence-corrected chi connectivity index (χ4v) is 2.28. The largest absolute Gasteiger partial charge is 0.383 e. The fraction of sp³-hybridized carbons (Fsp3) is 0.769. The first-order valence-electron chi connectivity index (χ1n) is 5.99. The third-order valence-corrected chi connectivity index (χ3v) is 2.89. The van der Waals surface area contributed by atoms with Gasteiger partial charge in [0.05, 0.1) is 0 Å². The molecule has 1 saturated carbocycles. The van der Waals surface area contributed by atoms with Crippen LogP contribution in [0.15, 0.2) is 11.8 Å². The molecule has 0 bridgehead atoms. The van der Waals surface area contributed by atoms with Gasteiger partial charge in [0.25, 0.3) is 0 Å². The minimum atomic E-state index is 0.781. The molecule has 15 heavy (non-hydrogen) atoms. The highest BCUT2D eigenvalue weighted by atomic mass is 15.0. The molecule has 0 aromatic rings. The van der Waals surface area contributed by atoms with Gasteiger partial charge in [0.15, 0.2) is 6.21 Å². The van der Waals surface area contributed by atoms with Crippen molar-refractivity contribution < 1.29 is 4.58 Å². The Labute approximate surface area is 94.3 Å². The number of hydrogen-bond donors (Lipinski definition) is 0. The van der Waals surface area contributed by atoms with Gasteiger partial charge in [-0.1, -0.05) is 19.3 Å². The maximum Gasteiger partial charge on any atom is 0.167 e. The molecule has 1 aliphatic rings. The highest BCUT2D eigenvalue weighted by Gasteiger charge is 2.18. The molecule has 1 aliphatic carbocycles. The SMILES string of the molecule is CN(C)/C=C(/C=[N+](C)C)C1CCCCC1. The predicted molar refractivity (Wildman–Crippen MR) is 66.5 cm³/mol. The van der Waals surface area contributed by atoms with Gasteiger partial charge in [-0.25, -0.2) is 4.58 Å². The average Bonchev–Trinajstić information content (AvgIpc) is 2.17. The quantitative estimate of drug-likeness (QED) is 0.511. The first-order chi connectivity index (χ1) is 7.09. The molecule has 0 heterocycles. The molecule has 1 fully saturated rings. The van der Waals surface area contributed by atoms with Gasteiger partial charge < -0.3 is 4.90 Å². The van der Waals surface area contributed by atoms with Crippen molar-refractivity contribution in [1.82, 2.24) is 4.90 Å². The van der Waals surface area contributed by atoms with Crippen molar-refractivity contribution in [3.63, 3.8) is 0 Å². The summed E-state index contributed by atoms with van der Waals surface area (Å²) in [6.07, 6.45) is 11.5. The zero-order valence-corrected chi connectivity index (χ0v) is 10.7. The molecular weight excluding hydrogens is 184 g/mol. The molecule has 2 nitrogen and oxygen atoms in total. The van der Waals surface area contributed by atoms with Gasteiger partial charge in [0.2, 0.25) is 0 Å². The van der Waals surface area contributed by atoms with Gasteiger partial charge >= 0.3 is 0 Å². The molecule has 86 valence electrons. The van der Waals surface area contributed by atoms with E-state index in [9.17, 15) is 0 Å². The molecule has 0 amide bonds. The summed E-state index contributed by atoms with van der Waals surface area (Å²) >= 11 is 0. The van der Waals surface area contributed by atoms with E-state index in [2.05, 4.69) is 50.1 Å². The van der Waals surface area contributed by atoms with E-state index in [0.717, 1.165) is 5.92 Å². The molecule has 0 aromatic heterocycles. The van der Waals surface area contributed by atoms with E-state index >= 15 is 0 Å². The summed E-state index contributed by atoms with van der Waals surface area (Å²) in [6.45, 7) is 0. The third kappa shape index (κ3) is 4.50. The van der Waals surface area contributed by atoms with Gasteiger partial charge in [-0.05, 0) is 18.8 Å². The van der Waals surface area contributed by atoms with E-state index in [1.54, 1.807) is 0 Å². The Hall–Kier alpha value is -0.790. The molecule has 0 saturated heterocycles. The smallest absolute Gasteiger partial charge is 0.167 e. The molecule has 0 N–H and O–H groups in total. The van der Waals surface area contributed by atoms with E-state index in [4.69, 9.17) is 0 Å². The van der Waals surface area contributed by atoms with Gasteiger partial charge in [0, 0.05) is 25.9 Å². The van der Waals surface area contributed by atoms with E-state index in [1.165, 1.54) is 37.7 Å². The van der Waals surface area contributed by atoms with Crippen LogP contribution in [0.2, 0.25) is 0 Å². The van der Waals surface area contributed by atoms with Crippen molar-refractivity contribution in [3.05, 3.63) is 11.8 Å². The predicted octanol–water partition coefficient (Wildman–Crippen LogP) is 2.36. The van der Waals surface area contributed by atoms with Crippen LogP contribution in [0, 0.1) is 5.92 Å². The summed E-state index contributed by atoms with van der Waals surface area (Å²) in [6, 6.07) is 0. The second-order valence-electron chi connectivity index (χ2n) is 5.02. The molecular formula is C13H25N2+. The van der Waals surface area contributed by atoms with Crippen molar-refractivity contribution in [2.24, 2.45) is 5.92 Å². The second-order valence-corrected chi connectivity index (χ2v) is 5.02. The van der Waals surface area contributed by atoms with Crippen LogP contribution in [-0.2, 0) is 0 Å². The normalized spacial score (nSPS) is 18.8. The Morgan fingerprint density at radius 2 is 1.73 bits per heavy atom. The molecule has 0 atom stereocenters. The Morgan fingerprint density at radius 1 is 1.13 bits per heavy atom. The summed E-state index contributed by atoms with van der Waals surface area (Å²) in [5, 5.41) is 0. The van der Waals surface area contributed by atoms with E-state index < -0.39 is 0 Å². The number of nitrogens with zero attached hydrogens (tertiary/aromatic N) is 2. The Morgan fingerprint density at radius 3 is 2.20 bits per heavy atom. The highest BCUT2D eigenvalue weighted by Crippen LogP contribution is 2.28. The lowest BCUT2D eigenvalue weighted by molar-refractivity contribution is -0.459. The molecule has 2 heteroatoms. The summed E-state index contributed by atoms with van der Waals surface area (Å²) in [7, 11) is 8.41. The van der Waals surface area contributed by atoms with E-state index in [-0.39, 0.29) is 0 Å². The first kappa shape index (κ1) is 12.3. The zero-order chi connectivity index (χ0) is 11.3. The van der Waals surface area contributed by atoms with Gasteiger partial charge in [0.1, 0.15) is 14.1 Å². The van der Waals surface area contributed by atoms with Crippen LogP contribution in [0.5, 0.6) is 0 Å². The second kappa shape index (κ2) is 5.94. The molecule has 0 aliphatic heterocycles. The molecule has 0 aromatic carbocycles. The van der Waals surface area contributed by atoms with Crippen LogP contribution < -0.4 is 0 Å². The summed E-state index contributed by atoms with van der Waals surface area (Å²) < 4.78 is 2.16. The van der Waals surface area contributed by atoms with Crippen molar-refractivity contribution >= 4 is 6.21 Å². The van der Waals surface area contributed by atoms with Crippen LogP contribution in [-0.4, -0.2) is 43.9 Å². The lowest BCUT2D eigenvalue weighted by atomic mass is 9.84. The molecule has 0 radical (unpaired) electrons. The van der Waals surface area contributed by atoms with E-state index in [1.807, 2.05) is 0 Å². The number of hydrogen-bond acceptors (Lipinski definition) is 1. The topological polar surface area (TPSA) is 6.25 Å². The van der Waals surface area contributed by atoms with Gasteiger partial charge in [-0.2, -0.15) is 0 Å². The van der Waals surface area contributed by atoms with Crippen molar-refractivity contribution in [1.29, 1.82) is 0 Å². The van der Waals surface area contributed by atoms with Crippen molar-refractivity contribution in [3.8, 4) is 0 Å². The van der Waals surface area contributed by atoms with Crippen LogP contribution in [0.25, 0.3) is 0 Å². The number of allylic oxidation sites excluding steroid dienone is 1. The van der Waals surface area contributed by atoms with Crippen LogP contribution in [0.4, 0.5) is 0 Å². The zero-order valence-electron chi connectivity index (χ0n) is 10.7. The lowest BCUT2D eigenvalue weighted by Crippen LogP contribution is -2.16. The Balaban J connectivity index is 2.75. The van der Waals surface area contributed by atoms with Crippen LogP contribution >= 0.6 is 0 Å². The van der Waals surface area contributed by atoms with Gasteiger partial charge in [-0.15, -0.1) is 0 Å². The highest BCUT2D eigenvalue weighted by molar-refractivity contribution is 5.74. The van der Waals surface area contributed by atoms with Crippen LogP contribution in [0.3, 0.4) is 0 Å². The third-order valence-electron chi connectivity index (χ3n) is 2.89. The standard InChI is InChI=1S/C13H25N2/c1-14(2)10-13(11-15(3)4)12-8-6-5-7-9-12/h10-12H,5-9H2,1-4H3/q+1. The summed E-state index contributed by atoms with van der Waals surface area (Å²) in [5.41, 5.74) is 1.49. The average molecular weight is 209 g/mol. The number of rotatable bonds is 3.